The number of unbranched alkanes of at least 4 members (excludes halogenated alkanes) is 13. The summed E-state index contributed by atoms with van der Waals surface area (Å²) in [6.45, 7) is 3.40. The summed E-state index contributed by atoms with van der Waals surface area (Å²) in [5.74, 6) is -0.913. The standard InChI is InChI=1S/C36H63O8P/c1-3-5-7-9-10-11-12-13-14-15-16-17-18-19-20-21-22-23-24-25-26-27-29-31-36(38)44-34(33-43-45(39,40)41)32-42-35(37)30-28-8-6-4-2/h5,7,10-11,13-14,16-17,34H,3-4,6,8-9,12,15,18-33H2,1-2H3,(H2,39,40,41)/b7-5-,11-10-,14-13-,17-16-. The van der Waals surface area contributed by atoms with Gasteiger partial charge in [0.1, 0.15) is 6.61 Å². The Bertz CT molecular complexity index is 874. The quantitative estimate of drug-likeness (QED) is 0.0328. The third kappa shape index (κ3) is 34.7. The van der Waals surface area contributed by atoms with Gasteiger partial charge in [-0.3, -0.25) is 14.1 Å². The Hall–Kier alpha value is -1.99. The monoisotopic (exact) mass is 654 g/mol. The van der Waals surface area contributed by atoms with Crippen molar-refractivity contribution in [2.75, 3.05) is 13.2 Å². The first kappa shape index (κ1) is 43.0. The van der Waals surface area contributed by atoms with Crippen molar-refractivity contribution in [1.82, 2.24) is 0 Å². The largest absolute Gasteiger partial charge is 0.469 e. The van der Waals surface area contributed by atoms with Crippen LogP contribution in [0.1, 0.15) is 149 Å². The molecule has 0 saturated heterocycles. The Morgan fingerprint density at radius 3 is 1.60 bits per heavy atom. The molecule has 9 heteroatoms. The van der Waals surface area contributed by atoms with Gasteiger partial charge in [-0.05, 0) is 51.4 Å². The zero-order valence-corrected chi connectivity index (χ0v) is 29.1. The second kappa shape index (κ2) is 32.0. The van der Waals surface area contributed by atoms with Gasteiger partial charge in [-0.25, -0.2) is 4.57 Å². The van der Waals surface area contributed by atoms with E-state index in [1.54, 1.807) is 0 Å². The number of rotatable bonds is 31. The highest BCUT2D eigenvalue weighted by Gasteiger charge is 2.22. The van der Waals surface area contributed by atoms with Gasteiger partial charge in [0, 0.05) is 12.8 Å². The molecule has 45 heavy (non-hydrogen) atoms. The van der Waals surface area contributed by atoms with Gasteiger partial charge in [0.25, 0.3) is 0 Å². The van der Waals surface area contributed by atoms with Crippen LogP contribution < -0.4 is 0 Å². The Kier molecular flexibility index (Phi) is 30.6. The summed E-state index contributed by atoms with van der Waals surface area (Å²) in [7, 11) is -4.74. The van der Waals surface area contributed by atoms with E-state index in [1.165, 1.54) is 38.5 Å². The van der Waals surface area contributed by atoms with Gasteiger partial charge < -0.3 is 19.3 Å². The molecule has 0 rings (SSSR count). The number of allylic oxidation sites excluding steroid dienone is 8. The fraction of sp³-hybridized carbons (Fsp3) is 0.722. The molecule has 0 aromatic carbocycles. The van der Waals surface area contributed by atoms with Gasteiger partial charge in [0.2, 0.25) is 0 Å². The molecule has 8 nitrogen and oxygen atoms in total. The molecule has 0 aromatic heterocycles. The first-order valence-electron chi connectivity index (χ1n) is 17.4. The maximum Gasteiger partial charge on any atom is 0.469 e. The van der Waals surface area contributed by atoms with E-state index in [4.69, 9.17) is 19.3 Å². The van der Waals surface area contributed by atoms with E-state index in [9.17, 15) is 14.2 Å². The lowest BCUT2D eigenvalue weighted by molar-refractivity contribution is -0.161. The smallest absolute Gasteiger partial charge is 0.462 e. The molecular weight excluding hydrogens is 591 g/mol. The molecule has 0 spiro atoms. The summed E-state index contributed by atoms with van der Waals surface area (Å²) in [6, 6.07) is 0. The Morgan fingerprint density at radius 2 is 1.07 bits per heavy atom. The minimum atomic E-state index is -4.74. The summed E-state index contributed by atoms with van der Waals surface area (Å²) < 4.78 is 26.0. The van der Waals surface area contributed by atoms with E-state index in [-0.39, 0.29) is 19.4 Å². The number of carbonyl (C=O) groups is 2. The number of hydrogen-bond acceptors (Lipinski definition) is 6. The van der Waals surface area contributed by atoms with Crippen molar-refractivity contribution in [3.05, 3.63) is 48.6 Å². The molecular formula is C36H63O8P. The van der Waals surface area contributed by atoms with Crippen molar-refractivity contribution in [3.63, 3.8) is 0 Å². The van der Waals surface area contributed by atoms with Gasteiger partial charge in [-0.1, -0.05) is 133 Å². The summed E-state index contributed by atoms with van der Waals surface area (Å²) in [5, 5.41) is 0. The molecule has 0 bridgehead atoms. The first-order valence-corrected chi connectivity index (χ1v) is 19.0. The van der Waals surface area contributed by atoms with Gasteiger partial charge in [-0.15, -0.1) is 0 Å². The number of esters is 2. The molecule has 0 aliphatic rings. The molecule has 0 aliphatic carbocycles. The van der Waals surface area contributed by atoms with E-state index in [1.807, 2.05) is 0 Å². The number of ether oxygens (including phenoxy) is 2. The average molecular weight is 655 g/mol. The zero-order valence-electron chi connectivity index (χ0n) is 28.3. The molecule has 0 amide bonds. The fourth-order valence-corrected chi connectivity index (χ4v) is 4.90. The number of carbonyl (C=O) groups excluding carboxylic acids is 2. The van der Waals surface area contributed by atoms with Crippen LogP contribution in [0.2, 0.25) is 0 Å². The van der Waals surface area contributed by atoms with E-state index in [0.717, 1.165) is 70.6 Å². The van der Waals surface area contributed by atoms with Crippen LogP contribution in [0.25, 0.3) is 0 Å². The van der Waals surface area contributed by atoms with Gasteiger partial charge in [0.05, 0.1) is 6.61 Å². The van der Waals surface area contributed by atoms with Crippen molar-refractivity contribution >= 4 is 19.8 Å². The lowest BCUT2D eigenvalue weighted by Crippen LogP contribution is -2.29. The molecule has 2 N–H and O–H groups in total. The molecule has 0 fully saturated rings. The minimum absolute atomic E-state index is 0.205. The van der Waals surface area contributed by atoms with Crippen LogP contribution in [0, 0.1) is 0 Å². The van der Waals surface area contributed by atoms with Crippen molar-refractivity contribution in [3.8, 4) is 0 Å². The lowest BCUT2D eigenvalue weighted by Gasteiger charge is -2.18. The van der Waals surface area contributed by atoms with Crippen molar-refractivity contribution in [1.29, 1.82) is 0 Å². The highest BCUT2D eigenvalue weighted by molar-refractivity contribution is 7.46. The fourth-order valence-electron chi connectivity index (χ4n) is 4.54. The molecule has 0 aromatic rings. The molecule has 260 valence electrons. The molecule has 0 radical (unpaired) electrons. The van der Waals surface area contributed by atoms with E-state index in [2.05, 4.69) is 67.0 Å². The van der Waals surface area contributed by atoms with Crippen LogP contribution in [-0.4, -0.2) is 41.0 Å². The van der Waals surface area contributed by atoms with Crippen LogP contribution in [0.3, 0.4) is 0 Å². The Labute approximate surface area is 274 Å². The van der Waals surface area contributed by atoms with Crippen molar-refractivity contribution in [2.45, 2.75) is 155 Å². The summed E-state index contributed by atoms with van der Waals surface area (Å²) in [6.07, 6.45) is 37.6. The lowest BCUT2D eigenvalue weighted by atomic mass is 10.0. The molecule has 0 heterocycles. The second-order valence-corrected chi connectivity index (χ2v) is 12.7. The second-order valence-electron chi connectivity index (χ2n) is 11.5. The van der Waals surface area contributed by atoms with Crippen molar-refractivity contribution in [2.24, 2.45) is 0 Å². The zero-order chi connectivity index (χ0) is 33.3. The Morgan fingerprint density at radius 1 is 0.600 bits per heavy atom. The topological polar surface area (TPSA) is 119 Å². The predicted molar refractivity (Wildman–Crippen MR) is 184 cm³/mol. The van der Waals surface area contributed by atoms with E-state index >= 15 is 0 Å². The molecule has 1 unspecified atom stereocenters. The minimum Gasteiger partial charge on any atom is -0.462 e. The van der Waals surface area contributed by atoms with Gasteiger partial charge in [0.15, 0.2) is 6.10 Å². The van der Waals surface area contributed by atoms with Crippen molar-refractivity contribution < 1.29 is 37.9 Å². The normalized spacial score (nSPS) is 13.1. The first-order chi connectivity index (χ1) is 21.8. The maximum atomic E-state index is 12.3. The third-order valence-corrected chi connectivity index (χ3v) is 7.60. The summed E-state index contributed by atoms with van der Waals surface area (Å²) in [5.41, 5.74) is 0. The highest BCUT2D eigenvalue weighted by atomic mass is 31.2. The van der Waals surface area contributed by atoms with Gasteiger partial charge in [-0.2, -0.15) is 0 Å². The summed E-state index contributed by atoms with van der Waals surface area (Å²) >= 11 is 0. The molecule has 0 saturated carbocycles. The predicted octanol–water partition coefficient (Wildman–Crippen LogP) is 10.0. The number of phosphoric ester groups is 1. The van der Waals surface area contributed by atoms with Crippen LogP contribution in [-0.2, 0) is 28.2 Å². The molecule has 0 aliphatic heterocycles. The Balaban J connectivity index is 3.80. The van der Waals surface area contributed by atoms with Crippen LogP contribution in [0.5, 0.6) is 0 Å². The van der Waals surface area contributed by atoms with Crippen LogP contribution >= 0.6 is 7.82 Å². The summed E-state index contributed by atoms with van der Waals surface area (Å²) in [4.78, 5) is 42.1. The number of phosphoric acid groups is 1. The van der Waals surface area contributed by atoms with Gasteiger partial charge >= 0.3 is 19.8 Å². The van der Waals surface area contributed by atoms with Crippen LogP contribution in [0.15, 0.2) is 48.6 Å². The average Bonchev–Trinajstić information content (AvgIpc) is 3.00. The number of hydrogen-bond donors (Lipinski definition) is 2. The van der Waals surface area contributed by atoms with Crippen LogP contribution in [0.4, 0.5) is 0 Å². The highest BCUT2D eigenvalue weighted by Crippen LogP contribution is 2.35. The third-order valence-electron chi connectivity index (χ3n) is 7.11. The maximum absolute atomic E-state index is 12.3. The SMILES string of the molecule is CC/C=C\C/C=C\C/C=C\C/C=C\CCCCCCCCCCCCC(=O)OC(COC(=O)CCCCCC)COP(=O)(O)O. The van der Waals surface area contributed by atoms with E-state index in [0.29, 0.717) is 12.8 Å². The van der Waals surface area contributed by atoms with E-state index < -0.39 is 32.5 Å². The molecule has 1 atom stereocenters.